The first-order valence-corrected chi connectivity index (χ1v) is 8.31. The summed E-state index contributed by atoms with van der Waals surface area (Å²) in [5, 5.41) is 18.5. The summed E-state index contributed by atoms with van der Waals surface area (Å²) < 4.78 is 0. The number of hydrogen-bond acceptors (Lipinski definition) is 7. The molecule has 1 rings (SSSR count). The maximum absolute atomic E-state index is 11.6. The van der Waals surface area contributed by atoms with Crippen LogP contribution in [0.25, 0.3) is 0 Å². The fraction of sp³-hybridized carbons (Fsp3) is 0.750. The van der Waals surface area contributed by atoms with Crippen LogP contribution in [0.15, 0.2) is 0 Å². The molecular formula is C16H27N3O6. The van der Waals surface area contributed by atoms with E-state index < -0.39 is 18.0 Å². The third-order valence-electron chi connectivity index (χ3n) is 4.15. The SMILES string of the molecule is CC(=O)CC(C(=O)O)N1CCN(CC(C)=O)CCN(CC(=O)O)CC1. The van der Waals surface area contributed by atoms with Crippen LogP contribution in [-0.4, -0.2) is 107 Å². The quantitative estimate of drug-likeness (QED) is 0.564. The van der Waals surface area contributed by atoms with Crippen LogP contribution in [0.3, 0.4) is 0 Å². The van der Waals surface area contributed by atoms with Gasteiger partial charge in [-0.25, -0.2) is 0 Å². The van der Waals surface area contributed by atoms with Gasteiger partial charge in [0.05, 0.1) is 13.1 Å². The Kier molecular flexibility index (Phi) is 8.67. The molecule has 0 amide bonds. The number of carboxylic acids is 2. The number of rotatable bonds is 8. The molecule has 1 unspecified atom stereocenters. The lowest BCUT2D eigenvalue weighted by Gasteiger charge is -2.30. The second kappa shape index (κ2) is 10.2. The molecule has 142 valence electrons. The topological polar surface area (TPSA) is 118 Å². The standard InChI is InChI=1S/C16H27N3O6/c1-12(20)9-14(16(24)25)19-7-5-17(10-13(2)21)3-4-18(6-8-19)11-15(22)23/h14H,3-11H2,1-2H3,(H,22,23)(H,24,25). The minimum Gasteiger partial charge on any atom is -0.480 e. The van der Waals surface area contributed by atoms with Crippen LogP contribution in [0.5, 0.6) is 0 Å². The van der Waals surface area contributed by atoms with Crippen molar-refractivity contribution in [2.45, 2.75) is 26.3 Å². The minimum atomic E-state index is -1.07. The molecule has 0 aromatic rings. The highest BCUT2D eigenvalue weighted by molar-refractivity contribution is 5.84. The molecule has 1 heterocycles. The number of Topliss-reactive ketones (excluding diaryl/α,β-unsaturated/α-hetero) is 2. The van der Waals surface area contributed by atoms with Gasteiger partial charge < -0.3 is 10.2 Å². The van der Waals surface area contributed by atoms with Crippen molar-refractivity contribution < 1.29 is 29.4 Å². The van der Waals surface area contributed by atoms with E-state index >= 15 is 0 Å². The van der Waals surface area contributed by atoms with Gasteiger partial charge in [0.25, 0.3) is 0 Å². The maximum atomic E-state index is 11.6. The van der Waals surface area contributed by atoms with Crippen molar-refractivity contribution in [1.82, 2.24) is 14.7 Å². The summed E-state index contributed by atoms with van der Waals surface area (Å²) in [5.74, 6) is -2.25. The number of carbonyl (C=O) groups is 4. The highest BCUT2D eigenvalue weighted by atomic mass is 16.4. The van der Waals surface area contributed by atoms with Gasteiger partial charge in [0, 0.05) is 45.7 Å². The van der Waals surface area contributed by atoms with Crippen LogP contribution in [0.1, 0.15) is 20.3 Å². The van der Waals surface area contributed by atoms with E-state index in [2.05, 4.69) is 0 Å². The highest BCUT2D eigenvalue weighted by Gasteiger charge is 2.29. The van der Waals surface area contributed by atoms with Gasteiger partial charge >= 0.3 is 11.9 Å². The molecule has 0 aromatic heterocycles. The normalized spacial score (nSPS) is 19.4. The molecule has 9 nitrogen and oxygen atoms in total. The summed E-state index contributed by atoms with van der Waals surface area (Å²) in [6.07, 6.45) is -0.0963. The number of ketones is 2. The zero-order valence-electron chi connectivity index (χ0n) is 14.8. The van der Waals surface area contributed by atoms with Gasteiger partial charge in [-0.05, 0) is 13.8 Å². The summed E-state index contributed by atoms with van der Waals surface area (Å²) in [6, 6.07) is -0.943. The number of carbonyl (C=O) groups excluding carboxylic acids is 2. The fourth-order valence-corrected chi connectivity index (χ4v) is 2.94. The van der Waals surface area contributed by atoms with E-state index in [-0.39, 0.29) is 31.1 Å². The van der Waals surface area contributed by atoms with E-state index in [9.17, 15) is 24.3 Å². The summed E-state index contributed by atoms with van der Waals surface area (Å²) >= 11 is 0. The molecule has 0 radical (unpaired) electrons. The summed E-state index contributed by atoms with van der Waals surface area (Å²) in [5.41, 5.74) is 0. The molecule has 0 saturated carbocycles. The van der Waals surface area contributed by atoms with Gasteiger partial charge in [-0.2, -0.15) is 0 Å². The zero-order chi connectivity index (χ0) is 19.0. The fourth-order valence-electron chi connectivity index (χ4n) is 2.94. The maximum Gasteiger partial charge on any atom is 0.321 e. The number of carboxylic acid groups (broad SMARTS) is 2. The van der Waals surface area contributed by atoms with Crippen LogP contribution >= 0.6 is 0 Å². The lowest BCUT2D eigenvalue weighted by molar-refractivity contribution is -0.145. The van der Waals surface area contributed by atoms with E-state index in [0.29, 0.717) is 39.3 Å². The largest absolute Gasteiger partial charge is 0.480 e. The van der Waals surface area contributed by atoms with Gasteiger partial charge in [-0.3, -0.25) is 33.9 Å². The summed E-state index contributed by atoms with van der Waals surface area (Å²) in [4.78, 5) is 50.7. The second-order valence-corrected chi connectivity index (χ2v) is 6.44. The van der Waals surface area contributed by atoms with E-state index in [1.165, 1.54) is 13.8 Å². The molecule has 1 atom stereocenters. The Morgan fingerprint density at radius 3 is 1.68 bits per heavy atom. The van der Waals surface area contributed by atoms with Crippen molar-refractivity contribution in [2.75, 3.05) is 52.4 Å². The first kappa shape index (κ1) is 21.2. The molecule has 25 heavy (non-hydrogen) atoms. The molecule has 0 aromatic carbocycles. The van der Waals surface area contributed by atoms with Crippen LogP contribution in [0, 0.1) is 0 Å². The van der Waals surface area contributed by atoms with E-state index in [4.69, 9.17) is 5.11 Å². The number of hydrogen-bond donors (Lipinski definition) is 2. The van der Waals surface area contributed by atoms with Gasteiger partial charge in [-0.15, -0.1) is 0 Å². The van der Waals surface area contributed by atoms with E-state index in [0.717, 1.165) is 0 Å². The number of aliphatic carboxylic acids is 2. The molecule has 1 aliphatic heterocycles. The Morgan fingerprint density at radius 2 is 1.28 bits per heavy atom. The predicted octanol–water partition coefficient (Wildman–Crippen LogP) is -0.988. The van der Waals surface area contributed by atoms with Crippen LogP contribution in [0.2, 0.25) is 0 Å². The van der Waals surface area contributed by atoms with Gasteiger partial charge in [0.1, 0.15) is 17.6 Å². The van der Waals surface area contributed by atoms with Crippen LogP contribution in [-0.2, 0) is 19.2 Å². The van der Waals surface area contributed by atoms with E-state index in [1.807, 2.05) is 4.90 Å². The van der Waals surface area contributed by atoms with Crippen molar-refractivity contribution in [1.29, 1.82) is 0 Å². The molecule has 0 bridgehead atoms. The Hall–Kier alpha value is -1.84. The van der Waals surface area contributed by atoms with Crippen molar-refractivity contribution in [3.05, 3.63) is 0 Å². The van der Waals surface area contributed by atoms with Crippen molar-refractivity contribution >= 4 is 23.5 Å². The van der Waals surface area contributed by atoms with Gasteiger partial charge in [0.2, 0.25) is 0 Å². The molecule has 1 aliphatic rings. The second-order valence-electron chi connectivity index (χ2n) is 6.44. The van der Waals surface area contributed by atoms with Gasteiger partial charge in [-0.1, -0.05) is 0 Å². The third-order valence-corrected chi connectivity index (χ3v) is 4.15. The van der Waals surface area contributed by atoms with Crippen molar-refractivity contribution in [2.24, 2.45) is 0 Å². The third kappa shape index (κ3) is 8.19. The Balaban J connectivity index is 2.92. The van der Waals surface area contributed by atoms with Crippen molar-refractivity contribution in [3.8, 4) is 0 Å². The molecule has 0 aliphatic carbocycles. The average Bonchev–Trinajstić information content (AvgIpc) is 2.56. The summed E-state index contributed by atoms with van der Waals surface area (Å²) in [7, 11) is 0. The van der Waals surface area contributed by atoms with E-state index in [1.54, 1.807) is 9.80 Å². The lowest BCUT2D eigenvalue weighted by Crippen LogP contribution is -2.47. The Labute approximate surface area is 147 Å². The van der Waals surface area contributed by atoms with Crippen molar-refractivity contribution in [3.63, 3.8) is 0 Å². The lowest BCUT2D eigenvalue weighted by atomic mass is 10.1. The zero-order valence-corrected chi connectivity index (χ0v) is 14.8. The summed E-state index contributed by atoms with van der Waals surface area (Å²) in [6.45, 7) is 5.57. The number of nitrogens with zero attached hydrogens (tertiary/aromatic N) is 3. The first-order chi connectivity index (χ1) is 11.7. The monoisotopic (exact) mass is 357 g/mol. The highest BCUT2D eigenvalue weighted by Crippen LogP contribution is 2.09. The van der Waals surface area contributed by atoms with Gasteiger partial charge in [0.15, 0.2) is 0 Å². The molecule has 1 saturated heterocycles. The molecule has 1 fully saturated rings. The van der Waals surface area contributed by atoms with Crippen LogP contribution < -0.4 is 0 Å². The molecule has 0 spiro atoms. The minimum absolute atomic E-state index is 0.00546. The first-order valence-electron chi connectivity index (χ1n) is 8.31. The molecule has 2 N–H and O–H groups in total. The Morgan fingerprint density at radius 1 is 0.800 bits per heavy atom. The average molecular weight is 357 g/mol. The molecule has 9 heteroatoms. The smallest absolute Gasteiger partial charge is 0.321 e. The Bertz CT molecular complexity index is 482. The van der Waals surface area contributed by atoms with Crippen LogP contribution in [0.4, 0.5) is 0 Å². The molecular weight excluding hydrogens is 330 g/mol. The predicted molar refractivity (Wildman–Crippen MR) is 89.5 cm³/mol.